The van der Waals surface area contributed by atoms with Gasteiger partial charge in [0.15, 0.2) is 0 Å². The molecule has 1 atom stereocenters. The number of benzene rings is 3. The Morgan fingerprint density at radius 1 is 0.886 bits per heavy atom. The molecule has 0 radical (unpaired) electrons. The van der Waals surface area contributed by atoms with Gasteiger partial charge < -0.3 is 9.88 Å². The van der Waals surface area contributed by atoms with Gasteiger partial charge in [-0.15, -0.1) is 0 Å². The van der Waals surface area contributed by atoms with Crippen molar-refractivity contribution >= 4 is 46.4 Å². The minimum atomic E-state index is -0.00516. The Labute approximate surface area is 219 Å². The summed E-state index contributed by atoms with van der Waals surface area (Å²) in [5.74, 6) is 0.0521. The molecule has 5 rings (SSSR count). The molecule has 1 amide bonds. The zero-order valence-corrected chi connectivity index (χ0v) is 21.1. The molecule has 3 aromatic carbocycles. The standard InChI is InChI=1S/C27H23Cl3N4O/c28-21-2-1-3-24(14-21)34-9-8-33(16-27(34)35)26(25-15-31-17-32-25)10-18-4-6-19(7-5-18)20-11-22(29)13-23(30)12-20/h1-7,11-15,17,26H,8-10,16H2,(H,31,32). The number of amides is 1. The molecule has 1 aromatic heterocycles. The molecule has 1 unspecified atom stereocenters. The van der Waals surface area contributed by atoms with Gasteiger partial charge in [0.1, 0.15) is 0 Å². The summed E-state index contributed by atoms with van der Waals surface area (Å²) < 4.78 is 0. The van der Waals surface area contributed by atoms with E-state index in [0.29, 0.717) is 28.2 Å². The quantitative estimate of drug-likeness (QED) is 0.306. The maximum atomic E-state index is 13.1. The first-order chi connectivity index (χ1) is 17.0. The third-order valence-corrected chi connectivity index (χ3v) is 6.94. The van der Waals surface area contributed by atoms with Gasteiger partial charge in [0.25, 0.3) is 0 Å². The number of aromatic amines is 1. The molecule has 1 aliphatic heterocycles. The number of nitrogens with one attached hydrogen (secondary N) is 1. The van der Waals surface area contributed by atoms with E-state index < -0.39 is 0 Å². The van der Waals surface area contributed by atoms with Crippen molar-refractivity contribution in [2.45, 2.75) is 12.5 Å². The maximum absolute atomic E-state index is 13.1. The van der Waals surface area contributed by atoms with Crippen molar-refractivity contribution in [3.8, 4) is 11.1 Å². The van der Waals surface area contributed by atoms with Gasteiger partial charge >= 0.3 is 0 Å². The highest BCUT2D eigenvalue weighted by Gasteiger charge is 2.31. The Morgan fingerprint density at radius 3 is 2.31 bits per heavy atom. The molecule has 5 nitrogen and oxygen atoms in total. The molecule has 0 saturated carbocycles. The van der Waals surface area contributed by atoms with Crippen LogP contribution in [-0.4, -0.2) is 40.4 Å². The van der Waals surface area contributed by atoms with Crippen LogP contribution in [0.5, 0.6) is 0 Å². The first-order valence-electron chi connectivity index (χ1n) is 11.3. The van der Waals surface area contributed by atoms with Crippen LogP contribution in [0, 0.1) is 0 Å². The average molecular weight is 526 g/mol. The normalized spacial score (nSPS) is 15.4. The minimum absolute atomic E-state index is 0.00516. The highest BCUT2D eigenvalue weighted by atomic mass is 35.5. The molecule has 178 valence electrons. The van der Waals surface area contributed by atoms with E-state index >= 15 is 0 Å². The lowest BCUT2D eigenvalue weighted by molar-refractivity contribution is -0.122. The summed E-state index contributed by atoms with van der Waals surface area (Å²) in [6, 6.07) is 21.3. The van der Waals surface area contributed by atoms with Crippen LogP contribution in [0.25, 0.3) is 11.1 Å². The second kappa shape index (κ2) is 10.4. The van der Waals surface area contributed by atoms with E-state index in [1.807, 2.05) is 42.6 Å². The zero-order chi connectivity index (χ0) is 24.4. The molecule has 1 fully saturated rings. The van der Waals surface area contributed by atoms with Crippen molar-refractivity contribution < 1.29 is 4.79 Å². The number of nitrogens with zero attached hydrogens (tertiary/aromatic N) is 3. The predicted molar refractivity (Wildman–Crippen MR) is 142 cm³/mol. The summed E-state index contributed by atoms with van der Waals surface area (Å²) in [4.78, 5) is 24.6. The Balaban J connectivity index is 1.34. The fraction of sp³-hybridized carbons (Fsp3) is 0.185. The number of carbonyl (C=O) groups is 1. The summed E-state index contributed by atoms with van der Waals surface area (Å²) in [5.41, 5.74) is 4.99. The van der Waals surface area contributed by atoms with Gasteiger partial charge in [-0.3, -0.25) is 9.69 Å². The van der Waals surface area contributed by atoms with Crippen molar-refractivity contribution in [3.05, 3.63) is 106 Å². The molecule has 2 heterocycles. The smallest absolute Gasteiger partial charge is 0.241 e. The van der Waals surface area contributed by atoms with Gasteiger partial charge in [0.2, 0.25) is 5.91 Å². The number of aromatic nitrogens is 2. The van der Waals surface area contributed by atoms with Gasteiger partial charge in [0, 0.05) is 40.0 Å². The average Bonchev–Trinajstić information content (AvgIpc) is 3.37. The Hall–Kier alpha value is -2.83. The van der Waals surface area contributed by atoms with Crippen LogP contribution in [0.2, 0.25) is 15.1 Å². The molecule has 1 aliphatic rings. The number of rotatable bonds is 6. The first kappa shape index (κ1) is 23.9. The largest absolute Gasteiger partial charge is 0.347 e. The minimum Gasteiger partial charge on any atom is -0.347 e. The molecular weight excluding hydrogens is 503 g/mol. The molecular formula is C27H23Cl3N4O. The first-order valence-corrected chi connectivity index (χ1v) is 12.4. The monoisotopic (exact) mass is 524 g/mol. The lowest BCUT2D eigenvalue weighted by Gasteiger charge is -2.38. The number of anilines is 1. The van der Waals surface area contributed by atoms with E-state index in [2.05, 4.69) is 39.1 Å². The Kier molecular flexibility index (Phi) is 7.12. The molecule has 35 heavy (non-hydrogen) atoms. The van der Waals surface area contributed by atoms with E-state index in [1.54, 1.807) is 17.3 Å². The molecule has 0 aliphatic carbocycles. The fourth-order valence-electron chi connectivity index (χ4n) is 4.54. The topological polar surface area (TPSA) is 52.2 Å². The Morgan fingerprint density at radius 2 is 1.66 bits per heavy atom. The SMILES string of the molecule is O=C1CN(C(Cc2ccc(-c3cc(Cl)cc(Cl)c3)cc2)c2cnc[nH]2)CCN1c1cccc(Cl)c1. The van der Waals surface area contributed by atoms with Crippen LogP contribution < -0.4 is 4.90 Å². The van der Waals surface area contributed by atoms with Crippen LogP contribution in [-0.2, 0) is 11.2 Å². The van der Waals surface area contributed by atoms with E-state index in [0.717, 1.165) is 41.0 Å². The second-order valence-electron chi connectivity index (χ2n) is 8.58. The van der Waals surface area contributed by atoms with Gasteiger partial charge in [-0.1, -0.05) is 65.1 Å². The number of hydrogen-bond donors (Lipinski definition) is 1. The number of carbonyl (C=O) groups excluding carboxylic acids is 1. The molecule has 0 bridgehead atoms. The molecule has 1 N–H and O–H groups in total. The van der Waals surface area contributed by atoms with Gasteiger partial charge in [-0.25, -0.2) is 4.98 Å². The summed E-state index contributed by atoms with van der Waals surface area (Å²) in [6.45, 7) is 1.65. The van der Waals surface area contributed by atoms with Crippen LogP contribution >= 0.6 is 34.8 Å². The van der Waals surface area contributed by atoms with E-state index in [1.165, 1.54) is 0 Å². The maximum Gasteiger partial charge on any atom is 0.241 e. The fourth-order valence-corrected chi connectivity index (χ4v) is 5.25. The predicted octanol–water partition coefficient (Wildman–Crippen LogP) is 6.67. The molecule has 8 heteroatoms. The molecule has 0 spiro atoms. The van der Waals surface area contributed by atoms with Crippen LogP contribution in [0.4, 0.5) is 5.69 Å². The van der Waals surface area contributed by atoms with Crippen LogP contribution in [0.15, 0.2) is 79.3 Å². The summed E-state index contributed by atoms with van der Waals surface area (Å²) in [5, 5.41) is 1.84. The van der Waals surface area contributed by atoms with Crippen LogP contribution in [0.1, 0.15) is 17.3 Å². The van der Waals surface area contributed by atoms with Crippen molar-refractivity contribution in [1.29, 1.82) is 0 Å². The van der Waals surface area contributed by atoms with Crippen LogP contribution in [0.3, 0.4) is 0 Å². The number of imidazole rings is 1. The van der Waals surface area contributed by atoms with Crippen molar-refractivity contribution in [2.24, 2.45) is 0 Å². The van der Waals surface area contributed by atoms with Gasteiger partial charge in [-0.2, -0.15) is 0 Å². The summed E-state index contributed by atoms with van der Waals surface area (Å²) >= 11 is 18.5. The van der Waals surface area contributed by atoms with E-state index in [-0.39, 0.29) is 11.9 Å². The number of H-pyrrole nitrogens is 1. The summed E-state index contributed by atoms with van der Waals surface area (Å²) in [6.07, 6.45) is 4.25. The lowest BCUT2D eigenvalue weighted by Crippen LogP contribution is -2.51. The summed E-state index contributed by atoms with van der Waals surface area (Å²) in [7, 11) is 0. The van der Waals surface area contributed by atoms with Gasteiger partial charge in [-0.05, 0) is 59.5 Å². The lowest BCUT2D eigenvalue weighted by atomic mass is 9.98. The second-order valence-corrected chi connectivity index (χ2v) is 9.89. The third-order valence-electron chi connectivity index (χ3n) is 6.27. The van der Waals surface area contributed by atoms with Gasteiger partial charge in [0.05, 0.1) is 24.6 Å². The number of piperazine rings is 1. The highest BCUT2D eigenvalue weighted by Crippen LogP contribution is 2.30. The molecule has 4 aromatic rings. The van der Waals surface area contributed by atoms with E-state index in [9.17, 15) is 4.79 Å². The van der Waals surface area contributed by atoms with Crippen molar-refractivity contribution in [1.82, 2.24) is 14.9 Å². The number of halogens is 3. The highest BCUT2D eigenvalue weighted by molar-refractivity contribution is 6.35. The zero-order valence-electron chi connectivity index (χ0n) is 18.8. The molecule has 1 saturated heterocycles. The number of hydrogen-bond acceptors (Lipinski definition) is 3. The third kappa shape index (κ3) is 5.54. The van der Waals surface area contributed by atoms with E-state index in [4.69, 9.17) is 34.8 Å². The van der Waals surface area contributed by atoms with Crippen molar-refractivity contribution in [2.75, 3.05) is 24.5 Å². The Bertz CT molecular complexity index is 1300. The van der Waals surface area contributed by atoms with Crippen molar-refractivity contribution in [3.63, 3.8) is 0 Å².